The first-order valence-electron chi connectivity index (χ1n) is 10.3. The van der Waals surface area contributed by atoms with E-state index in [2.05, 4.69) is 15.4 Å². The summed E-state index contributed by atoms with van der Waals surface area (Å²) in [5.74, 6) is -0.312. The van der Waals surface area contributed by atoms with Gasteiger partial charge in [-0.15, -0.1) is 13.2 Å². The minimum atomic E-state index is -4.90. The van der Waals surface area contributed by atoms with Crippen LogP contribution >= 0.6 is 11.8 Å². The molecule has 0 aromatic heterocycles. The molecule has 10 heteroatoms. The molecule has 6 nitrogen and oxygen atoms in total. The van der Waals surface area contributed by atoms with Gasteiger partial charge in [-0.25, -0.2) is 0 Å². The van der Waals surface area contributed by atoms with Gasteiger partial charge in [0.15, 0.2) is 0 Å². The predicted molar refractivity (Wildman–Crippen MR) is 116 cm³/mol. The number of ether oxygens (including phenoxy) is 1. The van der Waals surface area contributed by atoms with Crippen LogP contribution in [0.1, 0.15) is 50.7 Å². The van der Waals surface area contributed by atoms with Gasteiger partial charge in [0, 0.05) is 29.8 Å². The summed E-state index contributed by atoms with van der Waals surface area (Å²) in [7, 11) is 0. The normalized spacial score (nSPS) is 19.0. The quantitative estimate of drug-likeness (QED) is 0.595. The summed E-state index contributed by atoms with van der Waals surface area (Å²) >= 11 is 1.61. The lowest BCUT2D eigenvalue weighted by Gasteiger charge is -2.31. The van der Waals surface area contributed by atoms with E-state index in [9.17, 15) is 22.8 Å². The second kappa shape index (κ2) is 10.9. The van der Waals surface area contributed by atoms with Crippen molar-refractivity contribution >= 4 is 23.6 Å². The number of amides is 2. The highest BCUT2D eigenvalue weighted by Gasteiger charge is 2.33. The van der Waals surface area contributed by atoms with Gasteiger partial charge in [-0.3, -0.25) is 9.59 Å². The lowest BCUT2D eigenvalue weighted by molar-refractivity contribution is -0.274. The summed E-state index contributed by atoms with van der Waals surface area (Å²) in [5.41, 5.74) is -0.308. The predicted octanol–water partition coefficient (Wildman–Crippen LogP) is 4.14. The van der Waals surface area contributed by atoms with Gasteiger partial charge >= 0.3 is 6.36 Å². The fourth-order valence-corrected chi connectivity index (χ4v) is 4.48. The van der Waals surface area contributed by atoms with Crippen LogP contribution in [-0.4, -0.2) is 36.2 Å². The van der Waals surface area contributed by atoms with Gasteiger partial charge in [0.25, 0.3) is 0 Å². The highest BCUT2D eigenvalue weighted by molar-refractivity contribution is 7.98. The number of carbonyl (C=O) groups excluding carboxylic acids is 2. The molecule has 0 unspecified atom stereocenters. The van der Waals surface area contributed by atoms with E-state index in [0.717, 1.165) is 6.07 Å². The molecule has 0 radical (unpaired) electrons. The number of nitriles is 1. The van der Waals surface area contributed by atoms with Crippen LogP contribution in [0.4, 0.5) is 13.2 Å². The number of carbonyl (C=O) groups is 2. The third kappa shape index (κ3) is 7.62. The average Bonchev–Trinajstić information content (AvgIpc) is 2.71. The van der Waals surface area contributed by atoms with Crippen LogP contribution < -0.4 is 15.4 Å². The van der Waals surface area contributed by atoms with Crippen molar-refractivity contribution < 1.29 is 27.5 Å². The number of nitrogens with zero attached hydrogens (tertiary/aromatic N) is 1. The molecule has 0 saturated heterocycles. The molecular formula is C22H28F3N3O3S. The summed E-state index contributed by atoms with van der Waals surface area (Å²) in [6, 6.07) is 5.49. The van der Waals surface area contributed by atoms with Crippen LogP contribution in [0, 0.1) is 22.7 Å². The zero-order chi connectivity index (χ0) is 23.9. The van der Waals surface area contributed by atoms with E-state index in [1.165, 1.54) is 12.1 Å². The molecule has 176 valence electrons. The Balaban J connectivity index is 1.89. The van der Waals surface area contributed by atoms with Crippen LogP contribution in [0.5, 0.6) is 5.75 Å². The SMILES string of the molecule is CSCC(C)(C)C(=O)NC1CCC(C(=O)NCc2ccc(C#N)cc2OC(F)(F)F)CC1. The molecule has 0 spiro atoms. The second-order valence-corrected chi connectivity index (χ2v) is 9.40. The van der Waals surface area contributed by atoms with Crippen molar-refractivity contribution in [2.75, 3.05) is 12.0 Å². The highest BCUT2D eigenvalue weighted by atomic mass is 32.2. The average molecular weight is 472 g/mol. The third-order valence-corrected chi connectivity index (χ3v) is 6.44. The van der Waals surface area contributed by atoms with Crippen molar-refractivity contribution in [3.63, 3.8) is 0 Å². The Morgan fingerprint density at radius 2 is 1.88 bits per heavy atom. The molecule has 32 heavy (non-hydrogen) atoms. The summed E-state index contributed by atoms with van der Waals surface area (Å²) in [4.78, 5) is 25.0. The summed E-state index contributed by atoms with van der Waals surface area (Å²) < 4.78 is 42.0. The Morgan fingerprint density at radius 1 is 1.22 bits per heavy atom. The summed E-state index contributed by atoms with van der Waals surface area (Å²) in [6.45, 7) is 3.66. The van der Waals surface area contributed by atoms with Crippen LogP contribution in [0.15, 0.2) is 18.2 Å². The molecule has 1 aliphatic carbocycles. The molecule has 1 aromatic carbocycles. The molecule has 1 fully saturated rings. The Bertz CT molecular complexity index is 860. The van der Waals surface area contributed by atoms with Crippen LogP contribution in [-0.2, 0) is 16.1 Å². The van der Waals surface area contributed by atoms with Crippen molar-refractivity contribution in [3.05, 3.63) is 29.3 Å². The number of halogens is 3. The van der Waals surface area contributed by atoms with Crippen molar-refractivity contribution in [2.24, 2.45) is 11.3 Å². The molecular weight excluding hydrogens is 443 g/mol. The largest absolute Gasteiger partial charge is 0.573 e. The molecule has 0 heterocycles. The first-order valence-corrected chi connectivity index (χ1v) is 11.7. The molecule has 0 atom stereocenters. The monoisotopic (exact) mass is 471 g/mol. The van der Waals surface area contributed by atoms with Gasteiger partial charge in [-0.2, -0.15) is 17.0 Å². The Morgan fingerprint density at radius 3 is 2.44 bits per heavy atom. The minimum Gasteiger partial charge on any atom is -0.405 e. The first-order chi connectivity index (χ1) is 14.9. The maximum absolute atomic E-state index is 12.7. The van der Waals surface area contributed by atoms with E-state index in [1.54, 1.807) is 17.8 Å². The van der Waals surface area contributed by atoms with E-state index >= 15 is 0 Å². The molecule has 1 saturated carbocycles. The summed E-state index contributed by atoms with van der Waals surface area (Å²) in [5, 5.41) is 14.6. The van der Waals surface area contributed by atoms with Crippen molar-refractivity contribution in [1.82, 2.24) is 10.6 Å². The minimum absolute atomic E-state index is 0.00207. The molecule has 2 rings (SSSR count). The molecule has 2 amide bonds. The van der Waals surface area contributed by atoms with Crippen molar-refractivity contribution in [3.8, 4) is 11.8 Å². The topological polar surface area (TPSA) is 91.2 Å². The Hall–Kier alpha value is -2.41. The van der Waals surface area contributed by atoms with Crippen LogP contribution in [0.2, 0.25) is 0 Å². The second-order valence-electron chi connectivity index (χ2n) is 8.54. The number of hydrogen-bond acceptors (Lipinski definition) is 5. The maximum Gasteiger partial charge on any atom is 0.573 e. The van der Waals surface area contributed by atoms with Crippen LogP contribution in [0.3, 0.4) is 0 Å². The van der Waals surface area contributed by atoms with Gasteiger partial charge in [-0.1, -0.05) is 19.9 Å². The molecule has 1 aliphatic rings. The van der Waals surface area contributed by atoms with Gasteiger partial charge in [0.2, 0.25) is 11.8 Å². The van der Waals surface area contributed by atoms with E-state index in [1.807, 2.05) is 20.1 Å². The Kier molecular flexibility index (Phi) is 8.84. The molecule has 2 N–H and O–H groups in total. The molecule has 0 aliphatic heterocycles. The van der Waals surface area contributed by atoms with Gasteiger partial charge in [0.1, 0.15) is 5.75 Å². The van der Waals surface area contributed by atoms with E-state index < -0.39 is 17.5 Å². The lowest BCUT2D eigenvalue weighted by Crippen LogP contribution is -2.46. The number of nitrogens with one attached hydrogen (secondary N) is 2. The molecule has 0 bridgehead atoms. The fraction of sp³-hybridized carbons (Fsp3) is 0.591. The lowest BCUT2D eigenvalue weighted by atomic mass is 9.84. The zero-order valence-corrected chi connectivity index (χ0v) is 19.2. The van der Waals surface area contributed by atoms with Gasteiger partial charge in [-0.05, 0) is 44.1 Å². The fourth-order valence-electron chi connectivity index (χ4n) is 3.62. The van der Waals surface area contributed by atoms with E-state index in [0.29, 0.717) is 31.4 Å². The number of alkyl halides is 3. The summed E-state index contributed by atoms with van der Waals surface area (Å²) in [6.07, 6.45) is -0.454. The number of rotatable bonds is 8. The Labute approximate surface area is 190 Å². The van der Waals surface area contributed by atoms with Gasteiger partial charge in [0.05, 0.1) is 17.0 Å². The smallest absolute Gasteiger partial charge is 0.405 e. The van der Waals surface area contributed by atoms with Crippen molar-refractivity contribution in [2.45, 2.75) is 58.5 Å². The number of benzene rings is 1. The number of hydrogen-bond donors (Lipinski definition) is 2. The van der Waals surface area contributed by atoms with Crippen molar-refractivity contribution in [1.29, 1.82) is 5.26 Å². The standard InChI is InChI=1S/C22H28F3N3O3S/c1-21(2,13-32-3)20(30)28-17-8-6-15(7-9-17)19(29)27-12-16-5-4-14(11-26)10-18(16)31-22(23,24)25/h4-5,10,15,17H,6-9,12-13H2,1-3H3,(H,27,29)(H,28,30). The number of thioether (sulfide) groups is 1. The zero-order valence-electron chi connectivity index (χ0n) is 18.3. The van der Waals surface area contributed by atoms with E-state index in [-0.39, 0.29) is 41.4 Å². The van der Waals surface area contributed by atoms with E-state index in [4.69, 9.17) is 5.26 Å². The van der Waals surface area contributed by atoms with Crippen LogP contribution in [0.25, 0.3) is 0 Å². The molecule has 1 aromatic rings. The third-order valence-electron chi connectivity index (χ3n) is 5.43. The highest BCUT2D eigenvalue weighted by Crippen LogP contribution is 2.29. The first kappa shape index (κ1) is 25.8. The maximum atomic E-state index is 12.7. The van der Waals surface area contributed by atoms with Gasteiger partial charge < -0.3 is 15.4 Å².